The van der Waals surface area contributed by atoms with Gasteiger partial charge in [-0.3, -0.25) is 4.79 Å². The van der Waals surface area contributed by atoms with Crippen molar-refractivity contribution in [3.63, 3.8) is 0 Å². The van der Waals surface area contributed by atoms with E-state index in [2.05, 4.69) is 19.9 Å². The molecular formula is C13H17N5OS. The van der Waals surface area contributed by atoms with Crippen molar-refractivity contribution < 1.29 is 4.79 Å². The Morgan fingerprint density at radius 1 is 1.40 bits per heavy atom. The molecule has 2 aromatic heterocycles. The fourth-order valence-electron chi connectivity index (χ4n) is 1.64. The minimum Gasteiger partial charge on any atom is -0.397 e. The Labute approximate surface area is 121 Å². The molecule has 0 saturated heterocycles. The summed E-state index contributed by atoms with van der Waals surface area (Å²) in [5.74, 6) is 0.219. The minimum absolute atomic E-state index is 0.232. The highest BCUT2D eigenvalue weighted by Crippen LogP contribution is 2.26. The van der Waals surface area contributed by atoms with Gasteiger partial charge in [-0.05, 0) is 30.1 Å². The van der Waals surface area contributed by atoms with Crippen LogP contribution in [0.2, 0.25) is 0 Å². The standard InChI is InChI=1S/C13H17N5OS/c1-7-5-9(15-6-8(7)14)16-12(19)10-11(13(2,3)4)17-18-20-10/h5-6H,14H2,1-4H3,(H,15,16,19). The maximum Gasteiger partial charge on any atom is 0.270 e. The fraction of sp³-hybridized carbons (Fsp3) is 0.385. The van der Waals surface area contributed by atoms with Crippen LogP contribution in [0.4, 0.5) is 11.5 Å². The highest BCUT2D eigenvalue weighted by Gasteiger charge is 2.26. The summed E-state index contributed by atoms with van der Waals surface area (Å²) in [6.07, 6.45) is 1.53. The number of nitrogen functional groups attached to an aromatic ring is 1. The SMILES string of the molecule is Cc1cc(NC(=O)c2snnc2C(C)(C)C)ncc1N. The molecule has 6 nitrogen and oxygen atoms in total. The van der Waals surface area contributed by atoms with Gasteiger partial charge in [0, 0.05) is 5.41 Å². The molecule has 7 heteroatoms. The van der Waals surface area contributed by atoms with Gasteiger partial charge in [0.1, 0.15) is 10.7 Å². The maximum atomic E-state index is 12.3. The van der Waals surface area contributed by atoms with Crippen molar-refractivity contribution in [2.75, 3.05) is 11.1 Å². The van der Waals surface area contributed by atoms with E-state index in [0.29, 0.717) is 22.1 Å². The Bertz CT molecular complexity index is 644. The van der Waals surface area contributed by atoms with Crippen LogP contribution in [0.1, 0.15) is 41.7 Å². The lowest BCUT2D eigenvalue weighted by molar-refractivity contribution is 0.102. The van der Waals surface area contributed by atoms with Crippen LogP contribution in [0.15, 0.2) is 12.3 Å². The van der Waals surface area contributed by atoms with Crippen molar-refractivity contribution in [1.82, 2.24) is 14.6 Å². The lowest BCUT2D eigenvalue weighted by atomic mass is 9.91. The quantitative estimate of drug-likeness (QED) is 0.886. The molecule has 0 atom stereocenters. The first-order valence-electron chi connectivity index (χ1n) is 6.15. The van der Waals surface area contributed by atoms with Gasteiger partial charge in [0.25, 0.3) is 5.91 Å². The number of amides is 1. The predicted molar refractivity (Wildman–Crippen MR) is 79.9 cm³/mol. The van der Waals surface area contributed by atoms with Gasteiger partial charge in [0.15, 0.2) is 0 Å². The van der Waals surface area contributed by atoms with Gasteiger partial charge in [0.05, 0.1) is 17.6 Å². The van der Waals surface area contributed by atoms with Gasteiger partial charge in [-0.2, -0.15) is 0 Å². The summed E-state index contributed by atoms with van der Waals surface area (Å²) in [5, 5.41) is 6.80. The Morgan fingerprint density at radius 2 is 2.10 bits per heavy atom. The molecule has 3 N–H and O–H groups in total. The molecule has 0 spiro atoms. The molecule has 0 fully saturated rings. The number of hydrogen-bond donors (Lipinski definition) is 2. The Hall–Kier alpha value is -2.02. The Balaban J connectivity index is 2.25. The lowest BCUT2D eigenvalue weighted by Crippen LogP contribution is -2.20. The molecule has 0 unspecified atom stereocenters. The third-order valence-corrected chi connectivity index (χ3v) is 3.52. The molecule has 0 aliphatic heterocycles. The number of hydrogen-bond acceptors (Lipinski definition) is 6. The number of nitrogens with zero attached hydrogens (tertiary/aromatic N) is 3. The third-order valence-electron chi connectivity index (χ3n) is 2.80. The second-order valence-electron chi connectivity index (χ2n) is 5.58. The second-order valence-corrected chi connectivity index (χ2v) is 6.34. The number of carbonyl (C=O) groups is 1. The number of anilines is 2. The monoisotopic (exact) mass is 291 g/mol. The average Bonchev–Trinajstić information content (AvgIpc) is 2.83. The lowest BCUT2D eigenvalue weighted by Gasteiger charge is -2.16. The zero-order valence-electron chi connectivity index (χ0n) is 11.9. The molecule has 0 saturated carbocycles. The zero-order valence-corrected chi connectivity index (χ0v) is 12.7. The van der Waals surface area contributed by atoms with Gasteiger partial charge in [-0.25, -0.2) is 4.98 Å². The summed E-state index contributed by atoms with van der Waals surface area (Å²) < 4.78 is 3.87. The number of aromatic nitrogens is 3. The molecule has 0 aliphatic carbocycles. The maximum absolute atomic E-state index is 12.3. The van der Waals surface area contributed by atoms with Crippen LogP contribution in [-0.4, -0.2) is 20.5 Å². The van der Waals surface area contributed by atoms with Crippen molar-refractivity contribution in [3.05, 3.63) is 28.4 Å². The highest BCUT2D eigenvalue weighted by atomic mass is 32.1. The van der Waals surface area contributed by atoms with Crippen LogP contribution in [0.3, 0.4) is 0 Å². The first-order valence-corrected chi connectivity index (χ1v) is 6.92. The fourth-order valence-corrected chi connectivity index (χ4v) is 2.41. The number of rotatable bonds is 2. The molecule has 2 aromatic rings. The van der Waals surface area contributed by atoms with Gasteiger partial charge in [-0.1, -0.05) is 25.3 Å². The molecule has 0 aromatic carbocycles. The van der Waals surface area contributed by atoms with Gasteiger partial charge < -0.3 is 11.1 Å². The molecular weight excluding hydrogens is 274 g/mol. The van der Waals surface area contributed by atoms with Crippen LogP contribution in [-0.2, 0) is 5.41 Å². The van der Waals surface area contributed by atoms with E-state index in [1.54, 1.807) is 6.07 Å². The summed E-state index contributed by atoms with van der Waals surface area (Å²) in [6.45, 7) is 7.84. The number of aryl methyl sites for hydroxylation is 1. The number of pyridine rings is 1. The van der Waals surface area contributed by atoms with E-state index in [1.165, 1.54) is 6.20 Å². The van der Waals surface area contributed by atoms with Crippen molar-refractivity contribution in [3.8, 4) is 0 Å². The van der Waals surface area contributed by atoms with E-state index < -0.39 is 0 Å². The second kappa shape index (κ2) is 5.16. The van der Waals surface area contributed by atoms with Crippen molar-refractivity contribution in [1.29, 1.82) is 0 Å². The molecule has 2 heterocycles. The van der Waals surface area contributed by atoms with E-state index in [-0.39, 0.29) is 11.3 Å². The number of nitrogens with two attached hydrogens (primary N) is 1. The van der Waals surface area contributed by atoms with Crippen molar-refractivity contribution >= 4 is 28.9 Å². The summed E-state index contributed by atoms with van der Waals surface area (Å²) >= 11 is 1.09. The largest absolute Gasteiger partial charge is 0.397 e. The van der Waals surface area contributed by atoms with E-state index in [1.807, 2.05) is 27.7 Å². The van der Waals surface area contributed by atoms with Crippen LogP contribution >= 0.6 is 11.5 Å². The number of nitrogens with one attached hydrogen (secondary N) is 1. The topological polar surface area (TPSA) is 93.8 Å². The van der Waals surface area contributed by atoms with Gasteiger partial charge in [-0.15, -0.1) is 5.10 Å². The van der Waals surface area contributed by atoms with E-state index in [0.717, 1.165) is 17.1 Å². The third kappa shape index (κ3) is 2.93. The summed E-state index contributed by atoms with van der Waals surface area (Å²) in [4.78, 5) is 16.9. The van der Waals surface area contributed by atoms with E-state index >= 15 is 0 Å². The van der Waals surface area contributed by atoms with Crippen LogP contribution in [0.25, 0.3) is 0 Å². The van der Waals surface area contributed by atoms with Gasteiger partial charge >= 0.3 is 0 Å². The molecule has 106 valence electrons. The zero-order chi connectivity index (χ0) is 14.9. The summed E-state index contributed by atoms with van der Waals surface area (Å²) in [7, 11) is 0. The Morgan fingerprint density at radius 3 is 2.70 bits per heavy atom. The molecule has 0 bridgehead atoms. The van der Waals surface area contributed by atoms with Crippen molar-refractivity contribution in [2.24, 2.45) is 0 Å². The van der Waals surface area contributed by atoms with Crippen LogP contribution in [0.5, 0.6) is 0 Å². The van der Waals surface area contributed by atoms with Crippen LogP contribution in [0, 0.1) is 6.92 Å². The average molecular weight is 291 g/mol. The minimum atomic E-state index is -0.249. The first kappa shape index (κ1) is 14.4. The smallest absolute Gasteiger partial charge is 0.270 e. The van der Waals surface area contributed by atoms with Gasteiger partial charge in [0.2, 0.25) is 0 Å². The molecule has 20 heavy (non-hydrogen) atoms. The van der Waals surface area contributed by atoms with Crippen LogP contribution < -0.4 is 11.1 Å². The molecule has 2 rings (SSSR count). The molecule has 0 aliphatic rings. The Kier molecular flexibility index (Phi) is 3.71. The normalized spacial score (nSPS) is 11.4. The summed E-state index contributed by atoms with van der Waals surface area (Å²) in [5.41, 5.74) is 7.62. The first-order chi connectivity index (χ1) is 9.29. The molecule has 1 amide bonds. The number of carbonyl (C=O) groups excluding carboxylic acids is 1. The van der Waals surface area contributed by atoms with E-state index in [9.17, 15) is 4.79 Å². The molecule has 0 radical (unpaired) electrons. The van der Waals surface area contributed by atoms with Crippen molar-refractivity contribution in [2.45, 2.75) is 33.1 Å². The predicted octanol–water partition coefficient (Wildman–Crippen LogP) is 2.37. The summed E-state index contributed by atoms with van der Waals surface area (Å²) in [6, 6.07) is 1.73. The van der Waals surface area contributed by atoms with E-state index in [4.69, 9.17) is 5.73 Å². The highest BCUT2D eigenvalue weighted by molar-refractivity contribution is 7.08.